The van der Waals surface area contributed by atoms with E-state index in [9.17, 15) is 4.79 Å². The summed E-state index contributed by atoms with van der Waals surface area (Å²) < 4.78 is 5.75. The number of thiophene rings is 1. The highest BCUT2D eigenvalue weighted by Crippen LogP contribution is 2.26. The second-order valence-corrected chi connectivity index (χ2v) is 5.92. The van der Waals surface area contributed by atoms with Crippen molar-refractivity contribution in [3.8, 4) is 10.6 Å². The molecule has 1 aromatic carbocycles. The first-order valence-electron chi connectivity index (χ1n) is 7.26. The third-order valence-corrected chi connectivity index (χ3v) is 4.36. The van der Waals surface area contributed by atoms with Crippen molar-refractivity contribution in [1.82, 2.24) is 5.32 Å². The van der Waals surface area contributed by atoms with E-state index in [1.807, 2.05) is 53.9 Å². The average Bonchev–Trinajstić information content (AvgIpc) is 3.23. The molecule has 2 heterocycles. The standard InChI is InChI=1S/C18H17NO2S/c1-2-13-5-7-14(8-6-13)18(20)19-12-15-9-10-16(21-15)17-4-3-11-22-17/h3-11H,2,12H2,1H3,(H,19,20). The van der Waals surface area contributed by atoms with Crippen LogP contribution in [0.25, 0.3) is 10.6 Å². The topological polar surface area (TPSA) is 42.2 Å². The van der Waals surface area contributed by atoms with E-state index >= 15 is 0 Å². The molecule has 112 valence electrons. The van der Waals surface area contributed by atoms with E-state index in [0.29, 0.717) is 12.1 Å². The van der Waals surface area contributed by atoms with Crippen LogP contribution in [0.3, 0.4) is 0 Å². The summed E-state index contributed by atoms with van der Waals surface area (Å²) >= 11 is 1.63. The highest BCUT2D eigenvalue weighted by atomic mass is 32.1. The minimum atomic E-state index is -0.0864. The molecule has 0 saturated heterocycles. The molecule has 1 amide bonds. The van der Waals surface area contributed by atoms with E-state index in [2.05, 4.69) is 12.2 Å². The van der Waals surface area contributed by atoms with Gasteiger partial charge in [0.05, 0.1) is 11.4 Å². The number of hydrogen-bond acceptors (Lipinski definition) is 3. The number of furan rings is 1. The fraction of sp³-hybridized carbons (Fsp3) is 0.167. The maximum atomic E-state index is 12.1. The average molecular weight is 311 g/mol. The largest absolute Gasteiger partial charge is 0.458 e. The van der Waals surface area contributed by atoms with Crippen LogP contribution in [0.4, 0.5) is 0 Å². The van der Waals surface area contributed by atoms with Crippen molar-refractivity contribution in [2.75, 3.05) is 0 Å². The molecule has 4 heteroatoms. The number of rotatable bonds is 5. The van der Waals surface area contributed by atoms with E-state index in [0.717, 1.165) is 22.8 Å². The van der Waals surface area contributed by atoms with Crippen LogP contribution in [0.5, 0.6) is 0 Å². The third-order valence-electron chi connectivity index (χ3n) is 3.47. The normalized spacial score (nSPS) is 10.6. The van der Waals surface area contributed by atoms with E-state index in [-0.39, 0.29) is 5.91 Å². The third kappa shape index (κ3) is 3.28. The number of aryl methyl sites for hydroxylation is 1. The van der Waals surface area contributed by atoms with E-state index in [4.69, 9.17) is 4.42 Å². The summed E-state index contributed by atoms with van der Waals surface area (Å²) in [5.74, 6) is 1.50. The molecule has 3 nitrogen and oxygen atoms in total. The Morgan fingerprint density at radius 1 is 1.14 bits per heavy atom. The van der Waals surface area contributed by atoms with Gasteiger partial charge >= 0.3 is 0 Å². The Balaban J connectivity index is 1.61. The second kappa shape index (κ2) is 6.62. The lowest BCUT2D eigenvalue weighted by atomic mass is 10.1. The van der Waals surface area contributed by atoms with Gasteiger partial charge in [-0.3, -0.25) is 4.79 Å². The van der Waals surface area contributed by atoms with Crippen LogP contribution in [-0.2, 0) is 13.0 Å². The minimum absolute atomic E-state index is 0.0864. The first kappa shape index (κ1) is 14.6. The quantitative estimate of drug-likeness (QED) is 0.754. The van der Waals surface area contributed by atoms with E-state index in [1.54, 1.807) is 11.3 Å². The SMILES string of the molecule is CCc1ccc(C(=O)NCc2ccc(-c3cccs3)o2)cc1. The van der Waals surface area contributed by atoms with Crippen LogP contribution < -0.4 is 5.32 Å². The highest BCUT2D eigenvalue weighted by Gasteiger charge is 2.08. The summed E-state index contributed by atoms with van der Waals surface area (Å²) in [6, 6.07) is 15.5. The summed E-state index contributed by atoms with van der Waals surface area (Å²) in [5.41, 5.74) is 1.89. The van der Waals surface area contributed by atoms with Crippen LogP contribution in [0.2, 0.25) is 0 Å². The molecule has 2 aromatic heterocycles. The molecule has 1 N–H and O–H groups in total. The molecule has 3 aromatic rings. The first-order chi connectivity index (χ1) is 10.8. The Morgan fingerprint density at radius 2 is 1.95 bits per heavy atom. The van der Waals surface area contributed by atoms with Gasteiger partial charge in [-0.25, -0.2) is 0 Å². The van der Waals surface area contributed by atoms with Crippen LogP contribution in [0.1, 0.15) is 28.6 Å². The molecular formula is C18H17NO2S. The fourth-order valence-electron chi connectivity index (χ4n) is 2.19. The molecule has 0 bridgehead atoms. The van der Waals surface area contributed by atoms with Gasteiger partial charge in [0.25, 0.3) is 5.91 Å². The van der Waals surface area contributed by atoms with Crippen LogP contribution in [0.15, 0.2) is 58.3 Å². The summed E-state index contributed by atoms with van der Waals surface area (Å²) in [5, 5.41) is 4.90. The molecule has 0 aliphatic rings. The predicted octanol–water partition coefficient (Wildman–Crippen LogP) is 4.50. The Morgan fingerprint density at radius 3 is 2.64 bits per heavy atom. The van der Waals surface area contributed by atoms with Gasteiger partial charge in [0.15, 0.2) is 0 Å². The zero-order valence-electron chi connectivity index (χ0n) is 12.3. The van der Waals surface area contributed by atoms with Crippen molar-refractivity contribution in [3.05, 3.63) is 70.8 Å². The Bertz CT molecular complexity index is 742. The van der Waals surface area contributed by atoms with Gasteiger partial charge in [-0.15, -0.1) is 11.3 Å². The fourth-order valence-corrected chi connectivity index (χ4v) is 2.87. The number of hydrogen-bond donors (Lipinski definition) is 1. The number of amides is 1. The summed E-state index contributed by atoms with van der Waals surface area (Å²) in [4.78, 5) is 13.2. The zero-order valence-corrected chi connectivity index (χ0v) is 13.2. The summed E-state index contributed by atoms with van der Waals surface area (Å²) in [6.45, 7) is 2.48. The van der Waals surface area contributed by atoms with E-state index < -0.39 is 0 Å². The smallest absolute Gasteiger partial charge is 0.251 e. The lowest BCUT2D eigenvalue weighted by Crippen LogP contribution is -2.22. The van der Waals surface area contributed by atoms with Gasteiger partial charge in [-0.05, 0) is 47.7 Å². The Kier molecular flexibility index (Phi) is 4.39. The molecule has 0 radical (unpaired) electrons. The lowest BCUT2D eigenvalue weighted by Gasteiger charge is -2.04. The van der Waals surface area contributed by atoms with Crippen molar-refractivity contribution >= 4 is 17.2 Å². The predicted molar refractivity (Wildman–Crippen MR) is 89.0 cm³/mol. The number of benzene rings is 1. The molecule has 0 spiro atoms. The second-order valence-electron chi connectivity index (χ2n) is 4.98. The van der Waals surface area contributed by atoms with Crippen molar-refractivity contribution in [2.45, 2.75) is 19.9 Å². The first-order valence-corrected chi connectivity index (χ1v) is 8.14. The summed E-state index contributed by atoms with van der Waals surface area (Å²) in [7, 11) is 0. The highest BCUT2D eigenvalue weighted by molar-refractivity contribution is 7.13. The van der Waals surface area contributed by atoms with Gasteiger partial charge < -0.3 is 9.73 Å². The van der Waals surface area contributed by atoms with Gasteiger partial charge in [-0.1, -0.05) is 25.1 Å². The Hall–Kier alpha value is -2.33. The van der Waals surface area contributed by atoms with Crippen molar-refractivity contribution < 1.29 is 9.21 Å². The molecule has 0 fully saturated rings. The molecule has 0 unspecified atom stereocenters. The number of nitrogens with one attached hydrogen (secondary N) is 1. The molecule has 3 rings (SSSR count). The van der Waals surface area contributed by atoms with E-state index in [1.165, 1.54) is 5.56 Å². The van der Waals surface area contributed by atoms with Gasteiger partial charge in [-0.2, -0.15) is 0 Å². The Labute approximate surface area is 133 Å². The molecule has 0 atom stereocenters. The molecule has 0 saturated carbocycles. The maximum absolute atomic E-state index is 12.1. The van der Waals surface area contributed by atoms with Crippen molar-refractivity contribution in [1.29, 1.82) is 0 Å². The van der Waals surface area contributed by atoms with Crippen LogP contribution in [0, 0.1) is 0 Å². The van der Waals surface area contributed by atoms with Crippen LogP contribution in [-0.4, -0.2) is 5.91 Å². The molecule has 22 heavy (non-hydrogen) atoms. The summed E-state index contributed by atoms with van der Waals surface area (Å²) in [6.07, 6.45) is 0.972. The van der Waals surface area contributed by atoms with Gasteiger partial charge in [0.2, 0.25) is 0 Å². The van der Waals surface area contributed by atoms with Crippen molar-refractivity contribution in [2.24, 2.45) is 0 Å². The molecular weight excluding hydrogens is 294 g/mol. The number of carbonyl (C=O) groups excluding carboxylic acids is 1. The van der Waals surface area contributed by atoms with Crippen LogP contribution >= 0.6 is 11.3 Å². The van der Waals surface area contributed by atoms with Gasteiger partial charge in [0, 0.05) is 5.56 Å². The van der Waals surface area contributed by atoms with Gasteiger partial charge in [0.1, 0.15) is 11.5 Å². The van der Waals surface area contributed by atoms with Crippen molar-refractivity contribution in [3.63, 3.8) is 0 Å². The number of carbonyl (C=O) groups is 1. The zero-order chi connectivity index (χ0) is 15.4. The monoisotopic (exact) mass is 311 g/mol. The maximum Gasteiger partial charge on any atom is 0.251 e. The lowest BCUT2D eigenvalue weighted by molar-refractivity contribution is 0.0948. The minimum Gasteiger partial charge on any atom is -0.458 e. The molecule has 0 aliphatic heterocycles. The molecule has 0 aliphatic carbocycles.